The van der Waals surface area contributed by atoms with E-state index in [0.29, 0.717) is 11.3 Å². The molecule has 1 rings (SSSR count). The van der Waals surface area contributed by atoms with Crippen LogP contribution < -0.4 is 9.62 Å². The van der Waals surface area contributed by atoms with Crippen LogP contribution in [0.2, 0.25) is 0 Å². The maximum Gasteiger partial charge on any atom is 0.251 e. The summed E-state index contributed by atoms with van der Waals surface area (Å²) >= 11 is 0. The van der Waals surface area contributed by atoms with E-state index in [1.54, 1.807) is 31.2 Å². The summed E-state index contributed by atoms with van der Waals surface area (Å²) in [6.45, 7) is 5.53. The van der Waals surface area contributed by atoms with Crippen LogP contribution in [0.5, 0.6) is 0 Å². The summed E-state index contributed by atoms with van der Waals surface area (Å²) in [5, 5.41) is 2.87. The Bertz CT molecular complexity index is 552. The van der Waals surface area contributed by atoms with Crippen LogP contribution in [0, 0.1) is 0 Å². The molecule has 1 amide bonds. The molecule has 112 valence electrons. The molecular weight excluding hydrogens is 276 g/mol. The standard InChI is InChI=1S/C14H22N2O3S/c1-5-11(3)15-14(17)12-7-9-13(10-8-12)16(4)20(18,19)6-2/h7-11H,5-6H2,1-4H3,(H,15,17). The molecule has 0 fully saturated rings. The molecule has 1 N–H and O–H groups in total. The molecule has 1 unspecified atom stereocenters. The molecule has 0 aliphatic carbocycles. The molecule has 0 radical (unpaired) electrons. The van der Waals surface area contributed by atoms with E-state index >= 15 is 0 Å². The Labute approximate surface area is 121 Å². The topological polar surface area (TPSA) is 66.5 Å². The number of anilines is 1. The highest BCUT2D eigenvalue weighted by Crippen LogP contribution is 2.17. The normalized spacial score (nSPS) is 12.8. The zero-order chi connectivity index (χ0) is 15.3. The second-order valence-electron chi connectivity index (χ2n) is 4.70. The molecule has 0 aromatic heterocycles. The summed E-state index contributed by atoms with van der Waals surface area (Å²) in [5.41, 5.74) is 1.07. The molecule has 0 spiro atoms. The Morgan fingerprint density at radius 1 is 1.25 bits per heavy atom. The van der Waals surface area contributed by atoms with Crippen LogP contribution in [-0.2, 0) is 10.0 Å². The Balaban J connectivity index is 2.87. The van der Waals surface area contributed by atoms with E-state index in [1.165, 1.54) is 11.4 Å². The van der Waals surface area contributed by atoms with Crippen molar-refractivity contribution in [1.29, 1.82) is 0 Å². The number of rotatable bonds is 6. The highest BCUT2D eigenvalue weighted by atomic mass is 32.2. The summed E-state index contributed by atoms with van der Waals surface area (Å²) < 4.78 is 24.7. The smallest absolute Gasteiger partial charge is 0.251 e. The van der Waals surface area contributed by atoms with Crippen LogP contribution in [0.4, 0.5) is 5.69 Å². The van der Waals surface area contributed by atoms with Gasteiger partial charge in [-0.15, -0.1) is 0 Å². The first-order chi connectivity index (χ1) is 9.31. The van der Waals surface area contributed by atoms with E-state index in [0.717, 1.165) is 6.42 Å². The van der Waals surface area contributed by atoms with Crippen LogP contribution in [0.25, 0.3) is 0 Å². The molecule has 0 aliphatic rings. The second kappa shape index (κ2) is 6.74. The third kappa shape index (κ3) is 3.96. The fourth-order valence-electron chi connectivity index (χ4n) is 1.59. The summed E-state index contributed by atoms with van der Waals surface area (Å²) in [4.78, 5) is 11.9. The molecule has 0 heterocycles. The second-order valence-corrected chi connectivity index (χ2v) is 6.99. The van der Waals surface area contributed by atoms with Crippen molar-refractivity contribution in [3.8, 4) is 0 Å². The molecule has 5 nitrogen and oxygen atoms in total. The van der Waals surface area contributed by atoms with Crippen LogP contribution in [0.1, 0.15) is 37.6 Å². The third-order valence-corrected chi connectivity index (χ3v) is 5.04. The van der Waals surface area contributed by atoms with Crippen molar-refractivity contribution in [2.45, 2.75) is 33.2 Å². The molecular formula is C14H22N2O3S. The molecule has 0 saturated carbocycles. The van der Waals surface area contributed by atoms with Crippen molar-refractivity contribution in [2.75, 3.05) is 17.1 Å². The molecule has 1 aromatic rings. The van der Waals surface area contributed by atoms with Gasteiger partial charge in [-0.25, -0.2) is 8.42 Å². The van der Waals surface area contributed by atoms with Gasteiger partial charge in [-0.2, -0.15) is 0 Å². The third-order valence-electron chi connectivity index (χ3n) is 3.27. The molecule has 20 heavy (non-hydrogen) atoms. The Kier molecular flexibility index (Phi) is 5.56. The number of nitrogens with zero attached hydrogens (tertiary/aromatic N) is 1. The van der Waals surface area contributed by atoms with Crippen molar-refractivity contribution in [1.82, 2.24) is 5.32 Å². The predicted octanol–water partition coefficient (Wildman–Crippen LogP) is 2.00. The lowest BCUT2D eigenvalue weighted by atomic mass is 10.1. The largest absolute Gasteiger partial charge is 0.350 e. The molecule has 1 aromatic carbocycles. The zero-order valence-corrected chi connectivity index (χ0v) is 13.2. The van der Waals surface area contributed by atoms with Gasteiger partial charge in [0.05, 0.1) is 11.4 Å². The Morgan fingerprint density at radius 2 is 1.80 bits per heavy atom. The lowest BCUT2D eigenvalue weighted by Gasteiger charge is -2.18. The number of nitrogens with one attached hydrogen (secondary N) is 1. The van der Waals surface area contributed by atoms with Crippen molar-refractivity contribution < 1.29 is 13.2 Å². The van der Waals surface area contributed by atoms with Crippen molar-refractivity contribution >= 4 is 21.6 Å². The predicted molar refractivity (Wildman–Crippen MR) is 81.5 cm³/mol. The summed E-state index contributed by atoms with van der Waals surface area (Å²) in [6.07, 6.45) is 0.862. The van der Waals surface area contributed by atoms with Crippen molar-refractivity contribution in [2.24, 2.45) is 0 Å². The van der Waals surface area contributed by atoms with E-state index in [9.17, 15) is 13.2 Å². The highest BCUT2D eigenvalue weighted by molar-refractivity contribution is 7.92. The molecule has 0 aliphatic heterocycles. The van der Waals surface area contributed by atoms with E-state index in [1.807, 2.05) is 13.8 Å². The number of carbonyl (C=O) groups excluding carboxylic acids is 1. The van der Waals surface area contributed by atoms with Crippen LogP contribution in [0.3, 0.4) is 0 Å². The van der Waals surface area contributed by atoms with Gasteiger partial charge >= 0.3 is 0 Å². The van der Waals surface area contributed by atoms with Crippen molar-refractivity contribution in [3.05, 3.63) is 29.8 Å². The maximum atomic E-state index is 11.9. The molecule has 6 heteroatoms. The Hall–Kier alpha value is -1.56. The first-order valence-electron chi connectivity index (χ1n) is 6.69. The summed E-state index contributed by atoms with van der Waals surface area (Å²) in [6, 6.07) is 6.66. The van der Waals surface area contributed by atoms with Crippen molar-refractivity contribution in [3.63, 3.8) is 0 Å². The van der Waals surface area contributed by atoms with Crippen LogP contribution in [0.15, 0.2) is 24.3 Å². The molecule has 0 saturated heterocycles. The summed E-state index contributed by atoms with van der Waals surface area (Å²) in [7, 11) is -1.77. The van der Waals surface area contributed by atoms with Gasteiger partial charge in [0.1, 0.15) is 0 Å². The first kappa shape index (κ1) is 16.5. The number of carbonyl (C=O) groups is 1. The van der Waals surface area contributed by atoms with Gasteiger partial charge in [-0.1, -0.05) is 6.92 Å². The number of benzene rings is 1. The maximum absolute atomic E-state index is 11.9. The molecule has 0 bridgehead atoms. The van der Waals surface area contributed by atoms with Gasteiger partial charge in [-0.05, 0) is 44.5 Å². The van der Waals surface area contributed by atoms with E-state index in [4.69, 9.17) is 0 Å². The minimum absolute atomic E-state index is 0.0414. The van der Waals surface area contributed by atoms with Crippen LogP contribution >= 0.6 is 0 Å². The zero-order valence-electron chi connectivity index (χ0n) is 12.4. The summed E-state index contributed by atoms with van der Waals surface area (Å²) in [5.74, 6) is -0.105. The van der Waals surface area contributed by atoms with E-state index in [-0.39, 0.29) is 17.7 Å². The minimum Gasteiger partial charge on any atom is -0.350 e. The lowest BCUT2D eigenvalue weighted by Crippen LogP contribution is -2.32. The Morgan fingerprint density at radius 3 is 2.25 bits per heavy atom. The molecule has 1 atom stereocenters. The SMILES string of the molecule is CCC(C)NC(=O)c1ccc(N(C)S(=O)(=O)CC)cc1. The average Bonchev–Trinajstić information content (AvgIpc) is 2.46. The van der Waals surface area contributed by atoms with E-state index < -0.39 is 10.0 Å². The first-order valence-corrected chi connectivity index (χ1v) is 8.30. The number of hydrogen-bond acceptors (Lipinski definition) is 3. The fraction of sp³-hybridized carbons (Fsp3) is 0.500. The van der Waals surface area contributed by atoms with Gasteiger partial charge in [-0.3, -0.25) is 9.10 Å². The average molecular weight is 298 g/mol. The van der Waals surface area contributed by atoms with E-state index in [2.05, 4.69) is 5.32 Å². The highest BCUT2D eigenvalue weighted by Gasteiger charge is 2.16. The monoisotopic (exact) mass is 298 g/mol. The van der Waals surface area contributed by atoms with Gasteiger partial charge in [0.15, 0.2) is 0 Å². The fourth-order valence-corrected chi connectivity index (χ4v) is 2.42. The quantitative estimate of drug-likeness (QED) is 0.873. The number of sulfonamides is 1. The minimum atomic E-state index is -3.27. The van der Waals surface area contributed by atoms with Gasteiger partial charge < -0.3 is 5.32 Å². The van der Waals surface area contributed by atoms with Gasteiger partial charge in [0.2, 0.25) is 10.0 Å². The number of hydrogen-bond donors (Lipinski definition) is 1. The van der Waals surface area contributed by atoms with Crippen LogP contribution in [-0.4, -0.2) is 33.2 Å². The lowest BCUT2D eigenvalue weighted by molar-refractivity contribution is 0.0939. The van der Waals surface area contributed by atoms with Gasteiger partial charge in [0.25, 0.3) is 5.91 Å². The number of amides is 1. The van der Waals surface area contributed by atoms with Gasteiger partial charge in [0, 0.05) is 18.7 Å².